The second kappa shape index (κ2) is 7.71. The molecule has 7 heteroatoms. The van der Waals surface area contributed by atoms with Crippen molar-refractivity contribution in [2.24, 2.45) is 0 Å². The fourth-order valence-corrected chi connectivity index (χ4v) is 2.43. The first-order valence-electron chi connectivity index (χ1n) is 8.32. The van der Waals surface area contributed by atoms with Crippen molar-refractivity contribution in [3.05, 3.63) is 90.2 Å². The number of hydrogen-bond acceptors (Lipinski definition) is 6. The Bertz CT molecular complexity index is 1090. The third kappa shape index (κ3) is 3.88. The molecule has 0 atom stereocenters. The minimum Gasteiger partial charge on any atom is -0.457 e. The molecule has 138 valence electrons. The van der Waals surface area contributed by atoms with Crippen LogP contribution in [0.1, 0.15) is 10.4 Å². The lowest BCUT2D eigenvalue weighted by molar-refractivity contribution is 0.0684. The van der Waals surface area contributed by atoms with Gasteiger partial charge in [-0.25, -0.2) is 9.18 Å². The molecule has 4 rings (SSSR count). The van der Waals surface area contributed by atoms with Gasteiger partial charge in [0.05, 0.1) is 11.1 Å². The van der Waals surface area contributed by atoms with E-state index in [1.807, 2.05) is 36.4 Å². The number of benzene rings is 3. The standard InChI is InChI=1S/C21H13FN2O4/c22-15-12-10-14(11-13-15)20(25)28-21-24-23-19(27-21)17-8-4-5-9-18(17)26-16-6-2-1-3-7-16/h1-13H/i22-1. The zero-order valence-electron chi connectivity index (χ0n) is 14.4. The van der Waals surface area contributed by atoms with Crippen LogP contribution in [0.5, 0.6) is 17.6 Å². The second-order valence-electron chi connectivity index (χ2n) is 5.68. The Kier molecular flexibility index (Phi) is 4.79. The monoisotopic (exact) mass is 375 g/mol. The highest BCUT2D eigenvalue weighted by molar-refractivity contribution is 5.90. The normalized spacial score (nSPS) is 10.5. The van der Waals surface area contributed by atoms with Crippen LogP contribution in [0.2, 0.25) is 0 Å². The molecular weight excluding hydrogens is 362 g/mol. The van der Waals surface area contributed by atoms with Crippen molar-refractivity contribution >= 4 is 5.97 Å². The Balaban J connectivity index is 1.54. The Morgan fingerprint density at radius 3 is 2.36 bits per heavy atom. The first-order valence-corrected chi connectivity index (χ1v) is 8.32. The van der Waals surface area contributed by atoms with E-state index in [1.165, 1.54) is 12.1 Å². The Morgan fingerprint density at radius 2 is 1.57 bits per heavy atom. The van der Waals surface area contributed by atoms with E-state index in [9.17, 15) is 9.18 Å². The van der Waals surface area contributed by atoms with E-state index in [0.717, 1.165) is 12.1 Å². The molecule has 0 fully saturated rings. The molecule has 1 aromatic heterocycles. The molecule has 0 aliphatic carbocycles. The van der Waals surface area contributed by atoms with Crippen LogP contribution >= 0.6 is 0 Å². The molecule has 0 bridgehead atoms. The summed E-state index contributed by atoms with van der Waals surface area (Å²) in [6.45, 7) is 0. The van der Waals surface area contributed by atoms with Gasteiger partial charge >= 0.3 is 12.0 Å². The van der Waals surface area contributed by atoms with Crippen LogP contribution in [0, 0.1) is 5.82 Å². The summed E-state index contributed by atoms with van der Waals surface area (Å²) >= 11 is 0. The third-order valence-corrected chi connectivity index (χ3v) is 3.75. The number of esters is 1. The molecule has 6 nitrogen and oxygen atoms in total. The highest BCUT2D eigenvalue weighted by Gasteiger charge is 2.18. The van der Waals surface area contributed by atoms with E-state index in [4.69, 9.17) is 13.9 Å². The SMILES string of the molecule is O=C(Oc1nnc(-c2ccccc2Oc2ccccc2)o1)c1ccc([18F])cc1. The molecule has 0 N–H and O–H groups in total. The summed E-state index contributed by atoms with van der Waals surface area (Å²) in [4.78, 5) is 12.1. The maximum absolute atomic E-state index is 13.0. The maximum Gasteiger partial charge on any atom is 0.423 e. The van der Waals surface area contributed by atoms with Crippen molar-refractivity contribution in [3.8, 4) is 29.0 Å². The van der Waals surface area contributed by atoms with Crippen LogP contribution in [0.4, 0.5) is 4.39 Å². The quantitative estimate of drug-likeness (QED) is 0.463. The molecule has 3 aromatic carbocycles. The fourth-order valence-electron chi connectivity index (χ4n) is 2.43. The molecule has 0 aliphatic rings. The first kappa shape index (κ1) is 17.4. The molecule has 0 saturated heterocycles. The molecule has 0 unspecified atom stereocenters. The van der Waals surface area contributed by atoms with Crippen molar-refractivity contribution < 1.29 is 23.1 Å². The Morgan fingerprint density at radius 1 is 0.857 bits per heavy atom. The van der Waals surface area contributed by atoms with Gasteiger partial charge in [-0.2, -0.15) is 0 Å². The number of carbonyl (C=O) groups is 1. The van der Waals surface area contributed by atoms with E-state index in [0.29, 0.717) is 17.1 Å². The molecular formula is C21H13FN2O4. The van der Waals surface area contributed by atoms with Gasteiger partial charge in [0, 0.05) is 0 Å². The van der Waals surface area contributed by atoms with Gasteiger partial charge in [0.25, 0.3) is 5.89 Å². The minimum absolute atomic E-state index is 0.133. The van der Waals surface area contributed by atoms with Crippen molar-refractivity contribution in [2.75, 3.05) is 0 Å². The van der Waals surface area contributed by atoms with Gasteiger partial charge < -0.3 is 13.9 Å². The fraction of sp³-hybridized carbons (Fsp3) is 0. The maximum atomic E-state index is 13.0. The van der Waals surface area contributed by atoms with Crippen molar-refractivity contribution in [3.63, 3.8) is 0 Å². The van der Waals surface area contributed by atoms with Crippen LogP contribution in [-0.4, -0.2) is 16.2 Å². The largest absolute Gasteiger partial charge is 0.457 e. The highest BCUT2D eigenvalue weighted by Crippen LogP contribution is 2.33. The van der Waals surface area contributed by atoms with Crippen LogP contribution in [0.15, 0.2) is 83.3 Å². The third-order valence-electron chi connectivity index (χ3n) is 3.75. The van der Waals surface area contributed by atoms with Gasteiger partial charge in [-0.3, -0.25) is 0 Å². The van der Waals surface area contributed by atoms with Gasteiger partial charge in [-0.05, 0) is 48.5 Å². The van der Waals surface area contributed by atoms with E-state index < -0.39 is 11.8 Å². The summed E-state index contributed by atoms with van der Waals surface area (Å²) in [6.07, 6.45) is -0.321. The summed E-state index contributed by atoms with van der Waals surface area (Å²) < 4.78 is 29.3. The average molecular weight is 375 g/mol. The summed E-state index contributed by atoms with van der Waals surface area (Å²) in [5.74, 6) is 0.107. The van der Waals surface area contributed by atoms with Gasteiger partial charge in [0.1, 0.15) is 17.3 Å². The second-order valence-corrected chi connectivity index (χ2v) is 5.68. The van der Waals surface area contributed by atoms with E-state index in [-0.39, 0.29) is 17.5 Å². The zero-order chi connectivity index (χ0) is 19.3. The Hall–Kier alpha value is -4.00. The lowest BCUT2D eigenvalue weighted by Gasteiger charge is -2.08. The summed E-state index contributed by atoms with van der Waals surface area (Å²) in [7, 11) is 0. The van der Waals surface area contributed by atoms with Gasteiger partial charge in [0.15, 0.2) is 0 Å². The molecule has 0 spiro atoms. The molecule has 0 saturated carbocycles. The number of halogens is 1. The van der Waals surface area contributed by atoms with Gasteiger partial charge in [-0.1, -0.05) is 35.4 Å². The van der Waals surface area contributed by atoms with Gasteiger partial charge in [-0.15, -0.1) is 5.10 Å². The predicted octanol–water partition coefficient (Wildman–Crippen LogP) is 4.89. The summed E-state index contributed by atoms with van der Waals surface area (Å²) in [5, 5.41) is 7.65. The highest BCUT2D eigenvalue weighted by atomic mass is 18.2. The number of rotatable bonds is 5. The molecule has 4 aromatic rings. The smallest absolute Gasteiger partial charge is 0.423 e. The summed E-state index contributed by atoms with van der Waals surface area (Å²) in [5.41, 5.74) is 0.705. The lowest BCUT2D eigenvalue weighted by Crippen LogP contribution is -2.08. The average Bonchev–Trinajstić information content (AvgIpc) is 3.18. The number of ether oxygens (including phenoxy) is 2. The molecule has 28 heavy (non-hydrogen) atoms. The van der Waals surface area contributed by atoms with Crippen LogP contribution in [0.25, 0.3) is 11.5 Å². The number of hydrogen-bond donors (Lipinski definition) is 0. The predicted molar refractivity (Wildman–Crippen MR) is 97.6 cm³/mol. The topological polar surface area (TPSA) is 74.5 Å². The number of nitrogens with zero attached hydrogens (tertiary/aromatic N) is 2. The minimum atomic E-state index is -0.732. The van der Waals surface area contributed by atoms with E-state index in [1.54, 1.807) is 18.2 Å². The Labute approximate surface area is 159 Å². The van der Waals surface area contributed by atoms with Crippen molar-refractivity contribution in [1.82, 2.24) is 10.2 Å². The number of aromatic nitrogens is 2. The van der Waals surface area contributed by atoms with Crippen LogP contribution in [0.3, 0.4) is 0 Å². The van der Waals surface area contributed by atoms with Gasteiger partial charge in [0.2, 0.25) is 0 Å². The molecule has 0 radical (unpaired) electrons. The van der Waals surface area contributed by atoms with Crippen molar-refractivity contribution in [1.29, 1.82) is 0 Å². The number of para-hydroxylation sites is 2. The molecule has 0 aliphatic heterocycles. The number of carbonyl (C=O) groups excluding carboxylic acids is 1. The zero-order valence-corrected chi connectivity index (χ0v) is 14.4. The molecule has 1 heterocycles. The van der Waals surface area contributed by atoms with E-state index >= 15 is 0 Å². The summed E-state index contributed by atoms with van der Waals surface area (Å²) in [6, 6.07) is 21.3. The van der Waals surface area contributed by atoms with E-state index in [2.05, 4.69) is 10.2 Å². The van der Waals surface area contributed by atoms with Crippen LogP contribution in [-0.2, 0) is 0 Å². The van der Waals surface area contributed by atoms with Crippen LogP contribution < -0.4 is 9.47 Å². The molecule has 0 amide bonds. The van der Waals surface area contributed by atoms with Crippen molar-refractivity contribution in [2.45, 2.75) is 0 Å². The lowest BCUT2D eigenvalue weighted by atomic mass is 10.2. The first-order chi connectivity index (χ1) is 13.7.